The van der Waals surface area contributed by atoms with Gasteiger partial charge in [-0.1, -0.05) is 6.08 Å². The number of aromatic nitrogens is 3. The minimum atomic E-state index is -0.243. The molecule has 3 aromatic rings. The molecule has 1 aliphatic rings. The van der Waals surface area contributed by atoms with E-state index in [9.17, 15) is 4.39 Å². The Labute approximate surface area is 146 Å². The summed E-state index contributed by atoms with van der Waals surface area (Å²) in [5.74, 6) is 0.703. The minimum Gasteiger partial charge on any atom is -0.352 e. The molecule has 128 valence electrons. The van der Waals surface area contributed by atoms with Crippen LogP contribution in [0.15, 0.2) is 55.4 Å². The number of fused-ring (bicyclic) bond motifs is 1. The van der Waals surface area contributed by atoms with E-state index in [0.29, 0.717) is 0 Å². The van der Waals surface area contributed by atoms with Gasteiger partial charge in [0.15, 0.2) is 5.82 Å². The second-order valence-corrected chi connectivity index (χ2v) is 6.19. The topological polar surface area (TPSA) is 36.7 Å². The van der Waals surface area contributed by atoms with Crippen molar-refractivity contribution in [2.75, 3.05) is 37.6 Å². The van der Waals surface area contributed by atoms with Crippen molar-refractivity contribution in [2.45, 2.75) is 0 Å². The Bertz CT molecular complexity index is 878. The summed E-state index contributed by atoms with van der Waals surface area (Å²) >= 11 is 0. The molecule has 0 N–H and O–H groups in total. The lowest BCUT2D eigenvalue weighted by Crippen LogP contribution is -2.46. The van der Waals surface area contributed by atoms with E-state index in [1.165, 1.54) is 12.1 Å². The minimum absolute atomic E-state index is 0.243. The lowest BCUT2D eigenvalue weighted by atomic mass is 10.1. The Kier molecular flexibility index (Phi) is 4.19. The summed E-state index contributed by atoms with van der Waals surface area (Å²) in [6.45, 7) is 8.57. The van der Waals surface area contributed by atoms with Gasteiger partial charge in [-0.2, -0.15) is 5.10 Å². The van der Waals surface area contributed by atoms with E-state index in [4.69, 9.17) is 0 Å². The summed E-state index contributed by atoms with van der Waals surface area (Å²) < 4.78 is 15.0. The Morgan fingerprint density at radius 3 is 2.60 bits per heavy atom. The predicted octanol–water partition coefficient (Wildman–Crippen LogP) is 2.84. The van der Waals surface area contributed by atoms with Gasteiger partial charge in [0.1, 0.15) is 11.3 Å². The average molecular weight is 337 g/mol. The van der Waals surface area contributed by atoms with Gasteiger partial charge in [-0.15, -0.1) is 6.58 Å². The zero-order valence-electron chi connectivity index (χ0n) is 14.0. The monoisotopic (exact) mass is 337 g/mol. The van der Waals surface area contributed by atoms with Crippen molar-refractivity contribution in [1.29, 1.82) is 0 Å². The SMILES string of the molecule is C=CCN1CCN(c2nccn3nc(-c4ccc(F)cc4)cc23)CC1. The van der Waals surface area contributed by atoms with Crippen molar-refractivity contribution >= 4 is 11.3 Å². The molecule has 0 saturated carbocycles. The average Bonchev–Trinajstić information content (AvgIpc) is 3.07. The van der Waals surface area contributed by atoms with Crippen molar-refractivity contribution in [1.82, 2.24) is 19.5 Å². The molecule has 25 heavy (non-hydrogen) atoms. The highest BCUT2D eigenvalue weighted by molar-refractivity contribution is 5.75. The van der Waals surface area contributed by atoms with E-state index >= 15 is 0 Å². The molecule has 0 radical (unpaired) electrons. The molecule has 0 spiro atoms. The summed E-state index contributed by atoms with van der Waals surface area (Å²) in [7, 11) is 0. The van der Waals surface area contributed by atoms with Crippen LogP contribution in [0, 0.1) is 5.82 Å². The van der Waals surface area contributed by atoms with E-state index < -0.39 is 0 Å². The van der Waals surface area contributed by atoms with E-state index in [2.05, 4.69) is 26.5 Å². The highest BCUT2D eigenvalue weighted by atomic mass is 19.1. The lowest BCUT2D eigenvalue weighted by Gasteiger charge is -2.34. The maximum absolute atomic E-state index is 13.1. The fourth-order valence-electron chi connectivity index (χ4n) is 3.24. The Hall–Kier alpha value is -2.73. The number of halogens is 1. The van der Waals surface area contributed by atoms with Crippen LogP contribution in [0.2, 0.25) is 0 Å². The van der Waals surface area contributed by atoms with Gasteiger partial charge in [0.25, 0.3) is 0 Å². The van der Waals surface area contributed by atoms with E-state index in [1.807, 2.05) is 22.9 Å². The van der Waals surface area contributed by atoms with Crippen LogP contribution >= 0.6 is 0 Å². The molecule has 0 atom stereocenters. The van der Waals surface area contributed by atoms with Crippen LogP contribution in [0.4, 0.5) is 10.2 Å². The molecule has 1 aliphatic heterocycles. The number of rotatable bonds is 4. The molecule has 6 heteroatoms. The third-order valence-corrected chi connectivity index (χ3v) is 4.57. The second kappa shape index (κ2) is 6.64. The van der Waals surface area contributed by atoms with Gasteiger partial charge in [-0.05, 0) is 30.3 Å². The van der Waals surface area contributed by atoms with Gasteiger partial charge >= 0.3 is 0 Å². The van der Waals surface area contributed by atoms with Crippen LogP contribution in [0.1, 0.15) is 0 Å². The van der Waals surface area contributed by atoms with Gasteiger partial charge in [-0.3, -0.25) is 4.90 Å². The van der Waals surface area contributed by atoms with Gasteiger partial charge < -0.3 is 4.90 Å². The number of piperazine rings is 1. The van der Waals surface area contributed by atoms with E-state index in [0.717, 1.165) is 55.3 Å². The summed E-state index contributed by atoms with van der Waals surface area (Å²) in [6, 6.07) is 8.43. The third-order valence-electron chi connectivity index (χ3n) is 4.57. The molecular formula is C19H20FN5. The van der Waals surface area contributed by atoms with Gasteiger partial charge in [0.2, 0.25) is 0 Å². The Morgan fingerprint density at radius 2 is 1.88 bits per heavy atom. The highest BCUT2D eigenvalue weighted by Crippen LogP contribution is 2.25. The van der Waals surface area contributed by atoms with Crippen LogP contribution in [-0.2, 0) is 0 Å². The number of nitrogens with zero attached hydrogens (tertiary/aromatic N) is 5. The number of hydrogen-bond acceptors (Lipinski definition) is 4. The largest absolute Gasteiger partial charge is 0.352 e. The van der Waals surface area contributed by atoms with Crippen molar-refractivity contribution in [3.63, 3.8) is 0 Å². The highest BCUT2D eigenvalue weighted by Gasteiger charge is 2.20. The molecule has 0 bridgehead atoms. The standard InChI is InChI=1S/C19H20FN5/c1-2-8-23-10-12-24(13-11-23)19-18-14-17(22-25(18)9-7-21-19)15-3-5-16(20)6-4-15/h2-7,9,14H,1,8,10-13H2. The number of benzene rings is 1. The fourth-order valence-corrected chi connectivity index (χ4v) is 3.24. The maximum atomic E-state index is 13.1. The summed E-state index contributed by atoms with van der Waals surface area (Å²) in [5, 5.41) is 4.62. The number of hydrogen-bond donors (Lipinski definition) is 0. The summed E-state index contributed by atoms with van der Waals surface area (Å²) in [4.78, 5) is 9.26. The first-order chi connectivity index (χ1) is 12.2. The normalized spacial score (nSPS) is 15.6. The molecule has 3 heterocycles. The van der Waals surface area contributed by atoms with Gasteiger partial charge in [-0.25, -0.2) is 13.9 Å². The summed E-state index contributed by atoms with van der Waals surface area (Å²) in [5.41, 5.74) is 2.69. The Morgan fingerprint density at radius 1 is 1.12 bits per heavy atom. The van der Waals surface area contributed by atoms with Crippen LogP contribution < -0.4 is 4.90 Å². The third kappa shape index (κ3) is 3.13. The first-order valence-corrected chi connectivity index (χ1v) is 8.43. The van der Waals surface area contributed by atoms with Crippen LogP contribution in [-0.4, -0.2) is 52.2 Å². The van der Waals surface area contributed by atoms with Gasteiger partial charge in [0.05, 0.1) is 5.69 Å². The molecule has 5 nitrogen and oxygen atoms in total. The molecule has 0 amide bonds. The van der Waals surface area contributed by atoms with Crippen LogP contribution in [0.5, 0.6) is 0 Å². The van der Waals surface area contributed by atoms with Crippen molar-refractivity contribution < 1.29 is 4.39 Å². The quantitative estimate of drug-likeness (QED) is 0.686. The molecule has 0 aliphatic carbocycles. The first-order valence-electron chi connectivity index (χ1n) is 8.43. The van der Waals surface area contributed by atoms with Crippen LogP contribution in [0.25, 0.3) is 16.8 Å². The molecular weight excluding hydrogens is 317 g/mol. The maximum Gasteiger partial charge on any atom is 0.154 e. The van der Waals surface area contributed by atoms with Gasteiger partial charge in [0, 0.05) is 50.7 Å². The fraction of sp³-hybridized carbons (Fsp3) is 0.263. The smallest absolute Gasteiger partial charge is 0.154 e. The molecule has 1 saturated heterocycles. The lowest BCUT2D eigenvalue weighted by molar-refractivity contribution is 0.283. The van der Waals surface area contributed by atoms with Crippen LogP contribution in [0.3, 0.4) is 0 Å². The van der Waals surface area contributed by atoms with Crippen molar-refractivity contribution in [3.8, 4) is 11.3 Å². The summed E-state index contributed by atoms with van der Waals surface area (Å²) in [6.07, 6.45) is 5.57. The van der Waals surface area contributed by atoms with E-state index in [-0.39, 0.29) is 5.82 Å². The zero-order chi connectivity index (χ0) is 17.2. The second-order valence-electron chi connectivity index (χ2n) is 6.19. The Balaban J connectivity index is 1.64. The first kappa shape index (κ1) is 15.8. The molecule has 4 rings (SSSR count). The van der Waals surface area contributed by atoms with Crippen molar-refractivity contribution in [2.24, 2.45) is 0 Å². The van der Waals surface area contributed by atoms with E-state index in [1.54, 1.807) is 18.3 Å². The molecule has 2 aromatic heterocycles. The number of anilines is 1. The predicted molar refractivity (Wildman–Crippen MR) is 97.2 cm³/mol. The molecule has 1 fully saturated rings. The van der Waals surface area contributed by atoms with Crippen molar-refractivity contribution in [3.05, 3.63) is 61.2 Å². The molecule has 0 unspecified atom stereocenters. The molecule has 1 aromatic carbocycles. The zero-order valence-corrected chi connectivity index (χ0v) is 14.0.